The molecule has 3 aromatic rings. The Kier molecular flexibility index (Phi) is 8.67. The molecule has 34 heavy (non-hydrogen) atoms. The second kappa shape index (κ2) is 11.7. The molecule has 0 aliphatic rings. The minimum absolute atomic E-state index is 0.185. The second-order valence-corrected chi connectivity index (χ2v) is 9.80. The van der Waals surface area contributed by atoms with Crippen LogP contribution < -0.4 is 19.5 Å². The lowest BCUT2D eigenvalue weighted by Crippen LogP contribution is -2.30. The molecule has 0 aromatic heterocycles. The predicted octanol–water partition coefficient (Wildman–Crippen LogP) is 3.51. The summed E-state index contributed by atoms with van der Waals surface area (Å²) in [6.07, 6.45) is 2.28. The predicted molar refractivity (Wildman–Crippen MR) is 133 cm³/mol. The Balaban J connectivity index is 1.73. The van der Waals surface area contributed by atoms with Gasteiger partial charge in [0.05, 0.1) is 26.5 Å². The van der Waals surface area contributed by atoms with E-state index in [2.05, 4.69) is 10.0 Å². The molecule has 3 rings (SSSR count). The van der Waals surface area contributed by atoms with Gasteiger partial charge in [0.15, 0.2) is 0 Å². The third kappa shape index (κ3) is 7.60. The largest absolute Gasteiger partial charge is 0.497 e. The van der Waals surface area contributed by atoms with Gasteiger partial charge in [-0.1, -0.05) is 36.4 Å². The maximum absolute atomic E-state index is 13.1. The molecule has 2 N–H and O–H groups in total. The number of amides is 1. The molecule has 0 spiro atoms. The van der Waals surface area contributed by atoms with Gasteiger partial charge in [0.25, 0.3) is 5.91 Å². The minimum Gasteiger partial charge on any atom is -0.497 e. The van der Waals surface area contributed by atoms with E-state index in [1.807, 2.05) is 60.7 Å². The second-order valence-electron chi connectivity index (χ2n) is 7.96. The number of nitrogens with one attached hydrogen (secondary N) is 2. The highest BCUT2D eigenvalue weighted by Gasteiger charge is 2.17. The molecular weight excluding hydrogens is 452 g/mol. The Hall–Kier alpha value is -3.36. The maximum atomic E-state index is 13.1. The zero-order valence-electron chi connectivity index (χ0n) is 19.6. The first-order chi connectivity index (χ1) is 16.3. The molecule has 180 valence electrons. The van der Waals surface area contributed by atoms with Crippen LogP contribution in [0.2, 0.25) is 0 Å². The van der Waals surface area contributed by atoms with Crippen molar-refractivity contribution in [3.8, 4) is 11.5 Å². The number of hydrogen-bond acceptors (Lipinski definition) is 5. The number of benzene rings is 3. The van der Waals surface area contributed by atoms with Crippen LogP contribution in [0.25, 0.3) is 0 Å². The van der Waals surface area contributed by atoms with Crippen LogP contribution >= 0.6 is 0 Å². The molecule has 0 saturated heterocycles. The van der Waals surface area contributed by atoms with Crippen molar-refractivity contribution in [2.24, 2.45) is 0 Å². The van der Waals surface area contributed by atoms with Crippen molar-refractivity contribution in [1.82, 2.24) is 10.0 Å². The summed E-state index contributed by atoms with van der Waals surface area (Å²) in [5.74, 6) is 1.34. The molecule has 0 radical (unpaired) electrons. The first-order valence-corrected chi connectivity index (χ1v) is 12.8. The maximum Gasteiger partial charge on any atom is 0.251 e. The van der Waals surface area contributed by atoms with Crippen molar-refractivity contribution in [2.75, 3.05) is 27.0 Å². The highest BCUT2D eigenvalue weighted by atomic mass is 32.2. The van der Waals surface area contributed by atoms with Crippen LogP contribution in [0.5, 0.6) is 11.5 Å². The Labute approximate surface area is 201 Å². The molecule has 0 bridgehead atoms. The van der Waals surface area contributed by atoms with Crippen molar-refractivity contribution >= 4 is 15.9 Å². The summed E-state index contributed by atoms with van der Waals surface area (Å²) in [6.45, 7) is 0.311. The molecule has 0 heterocycles. The van der Waals surface area contributed by atoms with Crippen molar-refractivity contribution in [1.29, 1.82) is 0 Å². The molecule has 3 aromatic carbocycles. The summed E-state index contributed by atoms with van der Waals surface area (Å²) in [4.78, 5) is 13.1. The van der Waals surface area contributed by atoms with Crippen LogP contribution in [0.15, 0.2) is 72.8 Å². The summed E-state index contributed by atoms with van der Waals surface area (Å²) in [5.41, 5.74) is 3.51. The quantitative estimate of drug-likeness (QED) is 0.436. The molecule has 0 aliphatic heterocycles. The summed E-state index contributed by atoms with van der Waals surface area (Å²) < 4.78 is 35.4. The third-order valence-corrected chi connectivity index (χ3v) is 6.14. The number of ether oxygens (including phenoxy) is 2. The van der Waals surface area contributed by atoms with Crippen LogP contribution in [0.1, 0.15) is 33.1 Å². The Bertz CT molecular complexity index is 1180. The zero-order valence-corrected chi connectivity index (χ0v) is 20.4. The lowest BCUT2D eigenvalue weighted by molar-refractivity contribution is 0.0936. The van der Waals surface area contributed by atoms with E-state index >= 15 is 0 Å². The van der Waals surface area contributed by atoms with Gasteiger partial charge in [0.2, 0.25) is 10.0 Å². The SMILES string of the molecule is COc1ccc(C[C@H](NC(=O)c2ccc(CCNS(C)(=O)=O)cc2)c2ccc(OC)cc2)cc1. The van der Waals surface area contributed by atoms with E-state index in [1.54, 1.807) is 26.4 Å². The Morgan fingerprint density at radius 2 is 1.35 bits per heavy atom. The molecule has 1 amide bonds. The fourth-order valence-electron chi connectivity index (χ4n) is 3.53. The number of methoxy groups -OCH3 is 2. The lowest BCUT2D eigenvalue weighted by Gasteiger charge is -2.20. The minimum atomic E-state index is -3.22. The molecule has 0 saturated carbocycles. The molecular formula is C26H30N2O5S. The highest BCUT2D eigenvalue weighted by Crippen LogP contribution is 2.23. The number of hydrogen-bond donors (Lipinski definition) is 2. The standard InChI is InChI=1S/C26H30N2O5S/c1-32-23-12-6-20(7-13-23)18-25(21-10-14-24(33-2)15-11-21)28-26(29)22-8-4-19(5-9-22)16-17-27-34(3,30)31/h4-15,25,27H,16-18H2,1-3H3,(H,28,29)/t25-/m0/s1. The average molecular weight is 483 g/mol. The van der Waals surface area contributed by atoms with Crippen molar-refractivity contribution in [3.63, 3.8) is 0 Å². The molecule has 7 nitrogen and oxygen atoms in total. The van der Waals surface area contributed by atoms with E-state index in [1.165, 1.54) is 0 Å². The average Bonchev–Trinajstić information content (AvgIpc) is 2.84. The molecule has 8 heteroatoms. The van der Waals surface area contributed by atoms with Crippen LogP contribution in [-0.2, 0) is 22.9 Å². The fraction of sp³-hybridized carbons (Fsp3) is 0.269. The summed E-state index contributed by atoms with van der Waals surface area (Å²) in [5, 5.41) is 3.14. The van der Waals surface area contributed by atoms with Gasteiger partial charge in [-0.3, -0.25) is 4.79 Å². The Morgan fingerprint density at radius 1 is 0.824 bits per heavy atom. The van der Waals surface area contributed by atoms with E-state index in [0.29, 0.717) is 24.9 Å². The van der Waals surface area contributed by atoms with Gasteiger partial charge in [-0.2, -0.15) is 0 Å². The molecule has 1 atom stereocenters. The molecule has 0 aliphatic carbocycles. The number of sulfonamides is 1. The topological polar surface area (TPSA) is 93.7 Å². The molecule has 0 fully saturated rings. The van der Waals surface area contributed by atoms with E-state index in [4.69, 9.17) is 9.47 Å². The van der Waals surface area contributed by atoms with Crippen LogP contribution in [0.4, 0.5) is 0 Å². The van der Waals surface area contributed by atoms with E-state index < -0.39 is 10.0 Å². The third-order valence-electron chi connectivity index (χ3n) is 5.42. The fourth-order valence-corrected chi connectivity index (χ4v) is 4.00. The van der Waals surface area contributed by atoms with E-state index in [0.717, 1.165) is 34.4 Å². The number of carbonyl (C=O) groups excluding carboxylic acids is 1. The summed E-state index contributed by atoms with van der Waals surface area (Å²) in [7, 11) is 0.0264. The Morgan fingerprint density at radius 3 is 1.88 bits per heavy atom. The van der Waals surface area contributed by atoms with Gasteiger partial charge in [-0.15, -0.1) is 0 Å². The first-order valence-electron chi connectivity index (χ1n) is 10.9. The number of carbonyl (C=O) groups is 1. The van der Waals surface area contributed by atoms with Crippen molar-refractivity contribution in [3.05, 3.63) is 95.1 Å². The monoisotopic (exact) mass is 482 g/mol. The summed E-state index contributed by atoms with van der Waals surface area (Å²) in [6, 6.07) is 22.4. The summed E-state index contributed by atoms with van der Waals surface area (Å²) >= 11 is 0. The van der Waals surface area contributed by atoms with Crippen molar-refractivity contribution in [2.45, 2.75) is 18.9 Å². The van der Waals surface area contributed by atoms with E-state index in [9.17, 15) is 13.2 Å². The zero-order chi connectivity index (χ0) is 24.6. The lowest BCUT2D eigenvalue weighted by atomic mass is 9.98. The molecule has 0 unspecified atom stereocenters. The number of rotatable bonds is 11. The smallest absolute Gasteiger partial charge is 0.251 e. The van der Waals surface area contributed by atoms with Crippen LogP contribution in [0.3, 0.4) is 0 Å². The van der Waals surface area contributed by atoms with Gasteiger partial charge >= 0.3 is 0 Å². The van der Waals surface area contributed by atoms with Gasteiger partial charge in [0, 0.05) is 12.1 Å². The van der Waals surface area contributed by atoms with Gasteiger partial charge in [-0.05, 0) is 65.9 Å². The first kappa shape index (κ1) is 25.3. The van der Waals surface area contributed by atoms with Crippen LogP contribution in [0, 0.1) is 0 Å². The van der Waals surface area contributed by atoms with Gasteiger partial charge in [0.1, 0.15) is 11.5 Å². The van der Waals surface area contributed by atoms with Gasteiger partial charge in [-0.25, -0.2) is 13.1 Å². The van der Waals surface area contributed by atoms with Crippen molar-refractivity contribution < 1.29 is 22.7 Å². The highest BCUT2D eigenvalue weighted by molar-refractivity contribution is 7.88. The van der Waals surface area contributed by atoms with Gasteiger partial charge < -0.3 is 14.8 Å². The normalized spacial score (nSPS) is 12.1. The van der Waals surface area contributed by atoms with Crippen LogP contribution in [-0.4, -0.2) is 41.3 Å². The van der Waals surface area contributed by atoms with E-state index in [-0.39, 0.29) is 11.9 Å².